The van der Waals surface area contributed by atoms with Gasteiger partial charge in [-0.15, -0.1) is 0 Å². The third-order valence-electron chi connectivity index (χ3n) is 4.19. The smallest absolute Gasteiger partial charge is 0.0412 e. The zero-order valence-corrected chi connectivity index (χ0v) is 12.1. The fraction of sp³-hybridized carbons (Fsp3) is 0.647. The molecule has 100 valence electrons. The molecule has 0 amide bonds. The van der Waals surface area contributed by atoms with Crippen molar-refractivity contribution in [1.82, 2.24) is 0 Å². The Morgan fingerprint density at radius 3 is 2.61 bits per heavy atom. The maximum absolute atomic E-state index is 6.78. The first-order chi connectivity index (χ1) is 8.41. The van der Waals surface area contributed by atoms with Gasteiger partial charge in [-0.25, -0.2) is 0 Å². The van der Waals surface area contributed by atoms with Crippen LogP contribution in [0.5, 0.6) is 0 Å². The molecule has 1 unspecified atom stereocenters. The second kappa shape index (κ2) is 5.05. The Balaban J connectivity index is 2.25. The highest BCUT2D eigenvalue weighted by atomic mass is 14.7. The lowest BCUT2D eigenvalue weighted by molar-refractivity contribution is 0.280. The van der Waals surface area contributed by atoms with Gasteiger partial charge in [-0.1, -0.05) is 51.5 Å². The Kier molecular flexibility index (Phi) is 3.82. The molecule has 1 heteroatoms. The molecule has 0 radical (unpaired) electrons. The summed E-state index contributed by atoms with van der Waals surface area (Å²) >= 11 is 0. The van der Waals surface area contributed by atoms with Crippen LogP contribution in [-0.4, -0.2) is 0 Å². The van der Waals surface area contributed by atoms with Crippen molar-refractivity contribution in [3.63, 3.8) is 0 Å². The maximum Gasteiger partial charge on any atom is 0.0412 e. The minimum absolute atomic E-state index is 0.0969. The molecule has 1 aliphatic carbocycles. The molecule has 0 fully saturated rings. The highest BCUT2D eigenvalue weighted by Gasteiger charge is 2.31. The summed E-state index contributed by atoms with van der Waals surface area (Å²) in [6, 6.07) is 8.81. The largest absolute Gasteiger partial charge is 0.321 e. The molecular formula is C17H27N. The Morgan fingerprint density at radius 2 is 1.89 bits per heavy atom. The number of nitrogens with two attached hydrogens (primary N) is 1. The quantitative estimate of drug-likeness (QED) is 0.768. The molecular weight excluding hydrogens is 218 g/mol. The number of benzene rings is 1. The van der Waals surface area contributed by atoms with Gasteiger partial charge in [-0.3, -0.25) is 0 Å². The van der Waals surface area contributed by atoms with Gasteiger partial charge >= 0.3 is 0 Å². The summed E-state index contributed by atoms with van der Waals surface area (Å²) in [5, 5.41) is 0. The second-order valence-corrected chi connectivity index (χ2v) is 7.08. The molecule has 0 saturated heterocycles. The molecule has 1 nitrogen and oxygen atoms in total. The minimum Gasteiger partial charge on any atom is -0.321 e. The van der Waals surface area contributed by atoms with Crippen LogP contribution in [0.1, 0.15) is 64.0 Å². The molecule has 1 atom stereocenters. The summed E-state index contributed by atoms with van der Waals surface area (Å²) in [5.41, 5.74) is 9.94. The van der Waals surface area contributed by atoms with E-state index in [1.165, 1.54) is 36.8 Å². The van der Waals surface area contributed by atoms with Crippen LogP contribution in [-0.2, 0) is 12.0 Å². The predicted molar refractivity (Wildman–Crippen MR) is 78.6 cm³/mol. The van der Waals surface area contributed by atoms with Gasteiger partial charge in [0.2, 0.25) is 0 Å². The number of aryl methyl sites for hydroxylation is 1. The Labute approximate surface area is 112 Å². The van der Waals surface area contributed by atoms with Crippen LogP contribution >= 0.6 is 0 Å². The third-order valence-corrected chi connectivity index (χ3v) is 4.19. The number of fused-ring (bicyclic) bond motifs is 1. The molecule has 1 aliphatic rings. The van der Waals surface area contributed by atoms with Gasteiger partial charge in [0.15, 0.2) is 0 Å². The lowest BCUT2D eigenvalue weighted by Gasteiger charge is -2.33. The van der Waals surface area contributed by atoms with E-state index in [2.05, 4.69) is 45.0 Å². The maximum atomic E-state index is 6.78. The molecule has 2 N–H and O–H groups in total. The molecule has 0 saturated carbocycles. The highest BCUT2D eigenvalue weighted by molar-refractivity contribution is 5.34. The van der Waals surface area contributed by atoms with E-state index in [9.17, 15) is 0 Å². The number of hydrogen-bond acceptors (Lipinski definition) is 1. The average molecular weight is 245 g/mol. The fourth-order valence-electron chi connectivity index (χ4n) is 2.97. The van der Waals surface area contributed by atoms with E-state index in [4.69, 9.17) is 5.73 Å². The molecule has 18 heavy (non-hydrogen) atoms. The van der Waals surface area contributed by atoms with Crippen molar-refractivity contribution in [3.05, 3.63) is 35.4 Å². The van der Waals surface area contributed by atoms with Crippen molar-refractivity contribution < 1.29 is 0 Å². The van der Waals surface area contributed by atoms with Crippen molar-refractivity contribution in [1.29, 1.82) is 0 Å². The summed E-state index contributed by atoms with van der Waals surface area (Å²) in [5.74, 6) is 0. The number of rotatable bonds is 2. The molecule has 1 aromatic rings. The van der Waals surface area contributed by atoms with Crippen LogP contribution in [0, 0.1) is 5.41 Å². The van der Waals surface area contributed by atoms with Gasteiger partial charge in [-0.2, -0.15) is 0 Å². The normalized spacial score (nSPS) is 24.4. The van der Waals surface area contributed by atoms with E-state index < -0.39 is 0 Å². The van der Waals surface area contributed by atoms with E-state index in [1.54, 1.807) is 0 Å². The lowest BCUT2D eigenvalue weighted by Crippen LogP contribution is -2.37. The minimum atomic E-state index is -0.0969. The highest BCUT2D eigenvalue weighted by Crippen LogP contribution is 2.38. The van der Waals surface area contributed by atoms with E-state index in [1.807, 2.05) is 0 Å². The Bertz CT molecular complexity index is 402. The van der Waals surface area contributed by atoms with E-state index in [0.29, 0.717) is 5.41 Å². The summed E-state index contributed by atoms with van der Waals surface area (Å²) in [4.78, 5) is 0. The second-order valence-electron chi connectivity index (χ2n) is 7.08. The van der Waals surface area contributed by atoms with Crippen LogP contribution in [0.2, 0.25) is 0 Å². The molecule has 1 aromatic carbocycles. The molecule has 0 spiro atoms. The fourth-order valence-corrected chi connectivity index (χ4v) is 2.97. The SMILES string of the molecule is CC(C)(C)CCC1(N)CCCCc2ccccc21. The lowest BCUT2D eigenvalue weighted by atomic mass is 9.77. The zero-order chi connectivity index (χ0) is 13.2. The summed E-state index contributed by atoms with van der Waals surface area (Å²) in [6.07, 6.45) is 7.18. The van der Waals surface area contributed by atoms with Crippen LogP contribution in [0.4, 0.5) is 0 Å². The summed E-state index contributed by atoms with van der Waals surface area (Å²) in [7, 11) is 0. The van der Waals surface area contributed by atoms with Crippen molar-refractivity contribution in [2.75, 3.05) is 0 Å². The van der Waals surface area contributed by atoms with Crippen molar-refractivity contribution in [2.45, 2.75) is 64.8 Å². The van der Waals surface area contributed by atoms with Crippen molar-refractivity contribution in [2.24, 2.45) is 11.1 Å². The standard InChI is InChI=1S/C17H27N/c1-16(2,3)12-13-17(18)11-7-6-9-14-8-4-5-10-15(14)17/h4-5,8,10H,6-7,9,11-13,18H2,1-3H3. The molecule has 0 aromatic heterocycles. The molecule has 0 aliphatic heterocycles. The van der Waals surface area contributed by atoms with Gasteiger partial charge in [0.05, 0.1) is 0 Å². The van der Waals surface area contributed by atoms with Gasteiger partial charge in [0.25, 0.3) is 0 Å². The Morgan fingerprint density at radius 1 is 1.17 bits per heavy atom. The summed E-state index contributed by atoms with van der Waals surface area (Å²) < 4.78 is 0. The zero-order valence-electron chi connectivity index (χ0n) is 12.1. The van der Waals surface area contributed by atoms with Crippen LogP contribution in [0.3, 0.4) is 0 Å². The Hall–Kier alpha value is -0.820. The third kappa shape index (κ3) is 3.14. The van der Waals surface area contributed by atoms with E-state index in [0.717, 1.165) is 12.8 Å². The van der Waals surface area contributed by atoms with Crippen molar-refractivity contribution in [3.8, 4) is 0 Å². The van der Waals surface area contributed by atoms with Crippen molar-refractivity contribution >= 4 is 0 Å². The predicted octanol–water partition coefficient (Wildman–Crippen LogP) is 4.39. The van der Waals surface area contributed by atoms with Gasteiger partial charge in [0, 0.05) is 5.54 Å². The molecule has 0 heterocycles. The first kappa shape index (κ1) is 13.6. The van der Waals surface area contributed by atoms with Crippen LogP contribution < -0.4 is 5.73 Å². The molecule has 0 bridgehead atoms. The van der Waals surface area contributed by atoms with Gasteiger partial charge in [0.1, 0.15) is 0 Å². The summed E-state index contributed by atoms with van der Waals surface area (Å²) in [6.45, 7) is 6.91. The monoisotopic (exact) mass is 245 g/mol. The van der Waals surface area contributed by atoms with Gasteiger partial charge in [-0.05, 0) is 48.6 Å². The molecule has 2 rings (SSSR count). The van der Waals surface area contributed by atoms with E-state index >= 15 is 0 Å². The van der Waals surface area contributed by atoms with Crippen LogP contribution in [0.25, 0.3) is 0 Å². The van der Waals surface area contributed by atoms with Gasteiger partial charge < -0.3 is 5.73 Å². The van der Waals surface area contributed by atoms with E-state index in [-0.39, 0.29) is 5.54 Å². The topological polar surface area (TPSA) is 26.0 Å². The first-order valence-corrected chi connectivity index (χ1v) is 7.28. The number of hydrogen-bond donors (Lipinski definition) is 1. The first-order valence-electron chi connectivity index (χ1n) is 7.28. The average Bonchev–Trinajstić information content (AvgIpc) is 2.47. The van der Waals surface area contributed by atoms with Crippen LogP contribution in [0.15, 0.2) is 24.3 Å².